The summed E-state index contributed by atoms with van der Waals surface area (Å²) in [6.07, 6.45) is 6.90. The van der Waals surface area contributed by atoms with Crippen LogP contribution in [0.25, 0.3) is 0 Å². The fourth-order valence-electron chi connectivity index (χ4n) is 3.98. The molecule has 0 aromatic carbocycles. The van der Waals surface area contributed by atoms with Gasteiger partial charge >= 0.3 is 0 Å². The summed E-state index contributed by atoms with van der Waals surface area (Å²) in [5.74, 6) is 1.02. The number of hydrogen-bond acceptors (Lipinski definition) is 5. The highest BCUT2D eigenvalue weighted by Gasteiger charge is 2.30. The monoisotopic (exact) mass is 399 g/mol. The number of carbonyl (C=O) groups is 2. The van der Waals surface area contributed by atoms with Gasteiger partial charge in [0.25, 0.3) is 11.8 Å². The van der Waals surface area contributed by atoms with Crippen molar-refractivity contribution in [2.24, 2.45) is 5.10 Å². The van der Waals surface area contributed by atoms with Crippen LogP contribution in [0.2, 0.25) is 0 Å². The van der Waals surface area contributed by atoms with Gasteiger partial charge in [0.1, 0.15) is 5.76 Å². The van der Waals surface area contributed by atoms with Crippen molar-refractivity contribution in [1.29, 1.82) is 0 Å². The molecule has 7 heteroatoms. The Kier molecular flexibility index (Phi) is 5.62. The molecule has 1 aliphatic carbocycles. The second-order valence-electron chi connectivity index (χ2n) is 7.39. The van der Waals surface area contributed by atoms with Gasteiger partial charge in [-0.2, -0.15) is 5.10 Å². The molecule has 1 saturated heterocycles. The van der Waals surface area contributed by atoms with Crippen molar-refractivity contribution in [2.45, 2.75) is 51.9 Å². The van der Waals surface area contributed by atoms with E-state index in [-0.39, 0.29) is 11.8 Å². The normalized spacial score (nSPS) is 18.6. The molecule has 2 aromatic heterocycles. The maximum absolute atomic E-state index is 13.0. The number of thiophene rings is 1. The lowest BCUT2D eigenvalue weighted by Crippen LogP contribution is -2.32. The molecule has 1 aliphatic heterocycles. The Morgan fingerprint density at radius 2 is 1.93 bits per heavy atom. The average Bonchev–Trinajstić information content (AvgIpc) is 3.27. The Morgan fingerprint density at radius 1 is 1.14 bits per heavy atom. The third-order valence-electron chi connectivity index (χ3n) is 5.45. The van der Waals surface area contributed by atoms with Crippen molar-refractivity contribution in [3.8, 4) is 0 Å². The Morgan fingerprint density at radius 3 is 2.64 bits per heavy atom. The van der Waals surface area contributed by atoms with E-state index in [0.717, 1.165) is 67.8 Å². The van der Waals surface area contributed by atoms with E-state index in [1.165, 1.54) is 24.2 Å². The van der Waals surface area contributed by atoms with Crippen LogP contribution in [0.5, 0.6) is 0 Å². The predicted molar refractivity (Wildman–Crippen MR) is 109 cm³/mol. The average molecular weight is 400 g/mol. The van der Waals surface area contributed by atoms with E-state index in [1.54, 1.807) is 6.07 Å². The number of fused-ring (bicyclic) bond motifs is 1. The minimum absolute atomic E-state index is 0.0178. The zero-order valence-corrected chi connectivity index (χ0v) is 16.9. The molecular formula is C21H25N3O3S. The molecule has 1 N–H and O–H groups in total. The molecule has 0 unspecified atom stereocenters. The van der Waals surface area contributed by atoms with Crippen LogP contribution >= 0.6 is 11.3 Å². The van der Waals surface area contributed by atoms with Crippen LogP contribution in [-0.2, 0) is 6.42 Å². The standard InChI is InChI=1S/C21H25N3O3S/c1-14-18-15(22-23-20(25)17-10-7-13-28-17)8-6-9-16(18)27-19(14)21(26)24-11-4-2-3-5-12-24/h7,10,13H,2-6,8-9,11-12H2,1H3,(H,23,25)/b22-15+. The minimum atomic E-state index is -0.211. The van der Waals surface area contributed by atoms with Gasteiger partial charge in [0.05, 0.1) is 10.6 Å². The lowest BCUT2D eigenvalue weighted by Gasteiger charge is -2.19. The quantitative estimate of drug-likeness (QED) is 0.789. The van der Waals surface area contributed by atoms with Gasteiger partial charge in [-0.1, -0.05) is 18.9 Å². The number of nitrogens with one attached hydrogen (secondary N) is 1. The highest BCUT2D eigenvalue weighted by molar-refractivity contribution is 7.12. The summed E-state index contributed by atoms with van der Waals surface area (Å²) in [7, 11) is 0. The molecule has 0 saturated carbocycles. The maximum Gasteiger partial charge on any atom is 0.289 e. The highest BCUT2D eigenvalue weighted by atomic mass is 32.1. The first-order valence-electron chi connectivity index (χ1n) is 9.97. The molecular weight excluding hydrogens is 374 g/mol. The smallest absolute Gasteiger partial charge is 0.289 e. The van der Waals surface area contributed by atoms with E-state index >= 15 is 0 Å². The number of carbonyl (C=O) groups excluding carboxylic acids is 2. The molecule has 0 bridgehead atoms. The number of likely N-dealkylation sites (tertiary alicyclic amines) is 1. The fraction of sp³-hybridized carbons (Fsp3) is 0.476. The van der Waals surface area contributed by atoms with Crippen molar-refractivity contribution < 1.29 is 14.0 Å². The molecule has 0 atom stereocenters. The first-order chi connectivity index (χ1) is 13.6. The molecule has 2 aliphatic rings. The topological polar surface area (TPSA) is 74.9 Å². The van der Waals surface area contributed by atoms with Crippen LogP contribution in [0, 0.1) is 6.92 Å². The van der Waals surface area contributed by atoms with Gasteiger partial charge in [-0.15, -0.1) is 11.3 Å². The maximum atomic E-state index is 13.0. The zero-order chi connectivity index (χ0) is 19.5. The van der Waals surface area contributed by atoms with Gasteiger partial charge in [0.2, 0.25) is 0 Å². The summed E-state index contributed by atoms with van der Waals surface area (Å²) in [6, 6.07) is 3.61. The Balaban J connectivity index is 1.58. The lowest BCUT2D eigenvalue weighted by atomic mass is 9.93. The van der Waals surface area contributed by atoms with Crippen LogP contribution in [0.3, 0.4) is 0 Å². The van der Waals surface area contributed by atoms with Crippen molar-refractivity contribution in [1.82, 2.24) is 10.3 Å². The molecule has 0 spiro atoms. The van der Waals surface area contributed by atoms with E-state index in [4.69, 9.17) is 4.42 Å². The first-order valence-corrected chi connectivity index (χ1v) is 10.9. The van der Waals surface area contributed by atoms with Gasteiger partial charge < -0.3 is 9.32 Å². The van der Waals surface area contributed by atoms with Gasteiger partial charge in [0.15, 0.2) is 5.76 Å². The van der Waals surface area contributed by atoms with Crippen LogP contribution in [-0.4, -0.2) is 35.5 Å². The molecule has 148 valence electrons. The van der Waals surface area contributed by atoms with E-state index in [9.17, 15) is 9.59 Å². The van der Waals surface area contributed by atoms with Crippen molar-refractivity contribution in [3.05, 3.63) is 45.0 Å². The van der Waals surface area contributed by atoms with Crippen LogP contribution in [0.15, 0.2) is 27.0 Å². The third-order valence-corrected chi connectivity index (χ3v) is 6.32. The number of aryl methyl sites for hydroxylation is 1. The Bertz CT molecular complexity index is 890. The highest BCUT2D eigenvalue weighted by Crippen LogP contribution is 2.31. The van der Waals surface area contributed by atoms with E-state index in [1.807, 2.05) is 23.3 Å². The number of hydrogen-bond donors (Lipinski definition) is 1. The van der Waals surface area contributed by atoms with Gasteiger partial charge in [0, 0.05) is 30.6 Å². The van der Waals surface area contributed by atoms with Gasteiger partial charge in [-0.25, -0.2) is 5.43 Å². The van der Waals surface area contributed by atoms with Gasteiger partial charge in [-0.3, -0.25) is 9.59 Å². The summed E-state index contributed by atoms with van der Waals surface area (Å²) in [6.45, 7) is 3.51. The number of hydrazone groups is 1. The van der Waals surface area contributed by atoms with Crippen molar-refractivity contribution in [2.75, 3.05) is 13.1 Å². The minimum Gasteiger partial charge on any atom is -0.455 e. The molecule has 0 radical (unpaired) electrons. The molecule has 2 amide bonds. The third kappa shape index (κ3) is 3.76. The first kappa shape index (κ1) is 18.9. The molecule has 28 heavy (non-hydrogen) atoms. The second-order valence-corrected chi connectivity index (χ2v) is 8.34. The Hall–Kier alpha value is -2.41. The number of amides is 2. The predicted octanol–water partition coefficient (Wildman–Crippen LogP) is 4.14. The van der Waals surface area contributed by atoms with Crippen molar-refractivity contribution in [3.63, 3.8) is 0 Å². The molecule has 6 nitrogen and oxygen atoms in total. The van der Waals surface area contributed by atoms with Crippen LogP contribution in [0.4, 0.5) is 0 Å². The fourth-order valence-corrected chi connectivity index (χ4v) is 4.60. The SMILES string of the molecule is Cc1c(C(=O)N2CCCCCC2)oc2c1/C(=N/NC(=O)c1cccs1)CCC2. The van der Waals surface area contributed by atoms with E-state index in [0.29, 0.717) is 10.6 Å². The number of rotatable bonds is 3. The zero-order valence-electron chi connectivity index (χ0n) is 16.1. The second kappa shape index (κ2) is 8.31. The lowest BCUT2D eigenvalue weighted by molar-refractivity contribution is 0.0726. The number of furan rings is 1. The Labute approximate surface area is 168 Å². The molecule has 3 heterocycles. The van der Waals surface area contributed by atoms with Gasteiger partial charge in [-0.05, 0) is 44.1 Å². The van der Waals surface area contributed by atoms with E-state index in [2.05, 4.69) is 10.5 Å². The summed E-state index contributed by atoms with van der Waals surface area (Å²) >= 11 is 1.38. The molecule has 2 aromatic rings. The summed E-state index contributed by atoms with van der Waals surface area (Å²) in [5.41, 5.74) is 5.19. The summed E-state index contributed by atoms with van der Waals surface area (Å²) in [4.78, 5) is 27.8. The molecule has 1 fully saturated rings. The van der Waals surface area contributed by atoms with E-state index < -0.39 is 0 Å². The number of nitrogens with zero attached hydrogens (tertiary/aromatic N) is 2. The summed E-state index contributed by atoms with van der Waals surface area (Å²) < 4.78 is 6.02. The largest absolute Gasteiger partial charge is 0.455 e. The molecule has 4 rings (SSSR count). The van der Waals surface area contributed by atoms with Crippen LogP contribution < -0.4 is 5.43 Å². The summed E-state index contributed by atoms with van der Waals surface area (Å²) in [5, 5.41) is 6.24. The van der Waals surface area contributed by atoms with Crippen LogP contribution in [0.1, 0.15) is 75.6 Å². The van der Waals surface area contributed by atoms with Crippen molar-refractivity contribution >= 4 is 28.9 Å².